The van der Waals surface area contributed by atoms with Gasteiger partial charge in [0.25, 0.3) is 0 Å². The lowest BCUT2D eigenvalue weighted by Crippen LogP contribution is -2.35. The molecule has 1 aromatic heterocycles. The first-order chi connectivity index (χ1) is 13.1. The summed E-state index contributed by atoms with van der Waals surface area (Å²) in [7, 11) is 0. The van der Waals surface area contributed by atoms with Gasteiger partial charge in [0, 0.05) is 6.54 Å². The third-order valence-corrected chi connectivity index (χ3v) is 5.72. The molecule has 0 amide bonds. The van der Waals surface area contributed by atoms with Crippen molar-refractivity contribution in [3.05, 3.63) is 65.5 Å². The van der Waals surface area contributed by atoms with Crippen LogP contribution in [0.2, 0.25) is 0 Å². The molecule has 1 N–H and O–H groups in total. The summed E-state index contributed by atoms with van der Waals surface area (Å²) < 4.78 is 0. The Balaban J connectivity index is 1.53. The summed E-state index contributed by atoms with van der Waals surface area (Å²) in [6.45, 7) is 10.3. The van der Waals surface area contributed by atoms with E-state index < -0.39 is 0 Å². The van der Waals surface area contributed by atoms with Crippen LogP contribution in [-0.4, -0.2) is 28.0 Å². The minimum Gasteiger partial charge on any atom is -0.341 e. The van der Waals surface area contributed by atoms with E-state index in [1.165, 1.54) is 48.8 Å². The fraction of sp³-hybridized carbons (Fsp3) is 0.458. The SMILES string of the molecule is C=C(C)/C=C\C=C(/C)CN1CCCCC1c1nc2ccc(C3CC3)cc2[nH]1. The highest BCUT2D eigenvalue weighted by molar-refractivity contribution is 5.76. The van der Waals surface area contributed by atoms with Crippen molar-refractivity contribution in [1.29, 1.82) is 0 Å². The van der Waals surface area contributed by atoms with E-state index in [4.69, 9.17) is 4.98 Å². The summed E-state index contributed by atoms with van der Waals surface area (Å²) in [5, 5.41) is 0. The van der Waals surface area contributed by atoms with Gasteiger partial charge in [-0.1, -0.05) is 48.4 Å². The third kappa shape index (κ3) is 4.41. The van der Waals surface area contributed by atoms with E-state index in [2.05, 4.69) is 59.8 Å². The molecule has 2 fully saturated rings. The summed E-state index contributed by atoms with van der Waals surface area (Å²) in [5.41, 5.74) is 6.25. The lowest BCUT2D eigenvalue weighted by Gasteiger charge is -2.34. The van der Waals surface area contributed by atoms with Gasteiger partial charge in [0.1, 0.15) is 5.82 Å². The molecule has 3 heteroatoms. The molecule has 0 spiro atoms. The highest BCUT2D eigenvalue weighted by Gasteiger charge is 2.27. The number of fused-ring (bicyclic) bond motifs is 1. The lowest BCUT2D eigenvalue weighted by atomic mass is 10.0. The van der Waals surface area contributed by atoms with Gasteiger partial charge in [-0.05, 0) is 69.7 Å². The molecular weight excluding hydrogens is 330 g/mol. The number of aromatic nitrogens is 2. The molecule has 1 aromatic carbocycles. The summed E-state index contributed by atoms with van der Waals surface area (Å²) in [6.07, 6.45) is 12.8. The number of piperidine rings is 1. The van der Waals surface area contributed by atoms with Crippen molar-refractivity contribution in [2.24, 2.45) is 0 Å². The molecule has 1 unspecified atom stereocenters. The molecule has 2 aromatic rings. The van der Waals surface area contributed by atoms with Gasteiger partial charge >= 0.3 is 0 Å². The predicted molar refractivity (Wildman–Crippen MR) is 114 cm³/mol. The van der Waals surface area contributed by atoms with Crippen LogP contribution in [0.25, 0.3) is 11.0 Å². The summed E-state index contributed by atoms with van der Waals surface area (Å²) in [4.78, 5) is 11.2. The number of likely N-dealkylation sites (tertiary alicyclic amines) is 1. The number of allylic oxidation sites excluding steroid dienone is 4. The molecule has 4 rings (SSSR count). The molecule has 2 aliphatic rings. The zero-order chi connectivity index (χ0) is 18.8. The van der Waals surface area contributed by atoms with Crippen molar-refractivity contribution in [2.45, 2.75) is 57.9 Å². The maximum Gasteiger partial charge on any atom is 0.124 e. The molecule has 142 valence electrons. The topological polar surface area (TPSA) is 31.9 Å². The Morgan fingerprint density at radius 2 is 2.11 bits per heavy atom. The molecule has 1 aliphatic carbocycles. The first-order valence-electron chi connectivity index (χ1n) is 10.3. The second kappa shape index (κ2) is 7.85. The zero-order valence-corrected chi connectivity index (χ0v) is 16.7. The van der Waals surface area contributed by atoms with E-state index in [0.717, 1.165) is 35.9 Å². The third-order valence-electron chi connectivity index (χ3n) is 5.72. The first kappa shape index (κ1) is 18.2. The van der Waals surface area contributed by atoms with Crippen LogP contribution >= 0.6 is 0 Å². The Morgan fingerprint density at radius 1 is 1.26 bits per heavy atom. The minimum absolute atomic E-state index is 0.393. The molecule has 1 saturated carbocycles. The Labute approximate surface area is 162 Å². The van der Waals surface area contributed by atoms with E-state index in [1.807, 2.05) is 6.92 Å². The molecule has 2 heterocycles. The van der Waals surface area contributed by atoms with Gasteiger partial charge in [-0.25, -0.2) is 4.98 Å². The molecule has 3 nitrogen and oxygen atoms in total. The van der Waals surface area contributed by atoms with Gasteiger partial charge in [0.2, 0.25) is 0 Å². The average molecular weight is 362 g/mol. The van der Waals surface area contributed by atoms with E-state index in [1.54, 1.807) is 0 Å². The summed E-state index contributed by atoms with van der Waals surface area (Å²) >= 11 is 0. The van der Waals surface area contributed by atoms with Gasteiger partial charge in [0.05, 0.1) is 17.1 Å². The maximum absolute atomic E-state index is 4.96. The standard InChI is InChI=1S/C24H31N3/c1-17(2)7-6-8-18(3)16-27-14-5-4-9-23(27)24-25-21-13-12-20(19-10-11-19)15-22(21)26-24/h6-8,12-13,15,19,23H,1,4-5,9-11,14,16H2,2-3H3,(H,25,26)/b7-6-,18-8+. The normalized spacial score (nSPS) is 22.0. The predicted octanol–water partition coefficient (Wildman–Crippen LogP) is 6.05. The number of benzene rings is 1. The van der Waals surface area contributed by atoms with Crippen LogP contribution in [0, 0.1) is 0 Å². The van der Waals surface area contributed by atoms with Crippen LogP contribution in [-0.2, 0) is 0 Å². The van der Waals surface area contributed by atoms with E-state index in [0.29, 0.717) is 6.04 Å². The number of H-pyrrole nitrogens is 1. The number of hydrogen-bond donors (Lipinski definition) is 1. The second-order valence-electron chi connectivity index (χ2n) is 8.37. The minimum atomic E-state index is 0.393. The number of hydrogen-bond acceptors (Lipinski definition) is 2. The number of nitrogens with zero attached hydrogens (tertiary/aromatic N) is 2. The van der Waals surface area contributed by atoms with E-state index in [9.17, 15) is 0 Å². The highest BCUT2D eigenvalue weighted by atomic mass is 15.2. The average Bonchev–Trinajstić information content (AvgIpc) is 3.40. The molecule has 1 aliphatic heterocycles. The van der Waals surface area contributed by atoms with Crippen molar-refractivity contribution in [3.8, 4) is 0 Å². The van der Waals surface area contributed by atoms with Crippen molar-refractivity contribution in [2.75, 3.05) is 13.1 Å². The Kier molecular flexibility index (Phi) is 5.31. The Morgan fingerprint density at radius 3 is 2.89 bits per heavy atom. The second-order valence-corrected chi connectivity index (χ2v) is 8.37. The molecule has 0 radical (unpaired) electrons. The van der Waals surface area contributed by atoms with Crippen LogP contribution in [0.1, 0.15) is 69.3 Å². The van der Waals surface area contributed by atoms with E-state index in [-0.39, 0.29) is 0 Å². The van der Waals surface area contributed by atoms with Crippen molar-refractivity contribution >= 4 is 11.0 Å². The van der Waals surface area contributed by atoms with E-state index >= 15 is 0 Å². The number of imidazole rings is 1. The smallest absolute Gasteiger partial charge is 0.124 e. The fourth-order valence-electron chi connectivity index (χ4n) is 4.11. The molecule has 27 heavy (non-hydrogen) atoms. The largest absolute Gasteiger partial charge is 0.341 e. The van der Waals surface area contributed by atoms with Crippen molar-refractivity contribution < 1.29 is 0 Å². The van der Waals surface area contributed by atoms with Gasteiger partial charge in [-0.3, -0.25) is 4.90 Å². The summed E-state index contributed by atoms with van der Waals surface area (Å²) in [6, 6.07) is 7.18. The number of nitrogens with one attached hydrogen (secondary N) is 1. The van der Waals surface area contributed by atoms with Crippen LogP contribution < -0.4 is 0 Å². The van der Waals surface area contributed by atoms with Crippen LogP contribution in [0.3, 0.4) is 0 Å². The quantitative estimate of drug-likeness (QED) is 0.636. The molecule has 1 saturated heterocycles. The van der Waals surface area contributed by atoms with Gasteiger partial charge < -0.3 is 4.98 Å². The van der Waals surface area contributed by atoms with Crippen LogP contribution in [0.5, 0.6) is 0 Å². The van der Waals surface area contributed by atoms with Gasteiger partial charge in [-0.15, -0.1) is 0 Å². The lowest BCUT2D eigenvalue weighted by molar-refractivity contribution is 0.156. The van der Waals surface area contributed by atoms with Gasteiger partial charge in [0.15, 0.2) is 0 Å². The fourth-order valence-corrected chi connectivity index (χ4v) is 4.11. The molecule has 1 atom stereocenters. The maximum atomic E-state index is 4.96. The van der Waals surface area contributed by atoms with Gasteiger partial charge in [-0.2, -0.15) is 0 Å². The first-order valence-corrected chi connectivity index (χ1v) is 10.3. The Bertz CT molecular complexity index is 882. The highest BCUT2D eigenvalue weighted by Crippen LogP contribution is 2.41. The monoisotopic (exact) mass is 361 g/mol. The number of rotatable bonds is 6. The number of aromatic amines is 1. The molecule has 0 bridgehead atoms. The van der Waals surface area contributed by atoms with Crippen molar-refractivity contribution in [3.63, 3.8) is 0 Å². The van der Waals surface area contributed by atoms with Crippen LogP contribution in [0.15, 0.2) is 54.2 Å². The molecular formula is C24H31N3. The summed E-state index contributed by atoms with van der Waals surface area (Å²) in [5.74, 6) is 1.93. The Hall–Kier alpha value is -2.13. The van der Waals surface area contributed by atoms with Crippen LogP contribution in [0.4, 0.5) is 0 Å². The zero-order valence-electron chi connectivity index (χ0n) is 16.7. The van der Waals surface area contributed by atoms with Crippen molar-refractivity contribution in [1.82, 2.24) is 14.9 Å².